The van der Waals surface area contributed by atoms with E-state index in [1.165, 1.54) is 0 Å². The molecule has 1 amide bonds. The van der Waals surface area contributed by atoms with Gasteiger partial charge in [0, 0.05) is 13.1 Å². The highest BCUT2D eigenvalue weighted by Crippen LogP contribution is 2.19. The maximum Gasteiger partial charge on any atom is 0.237 e. The van der Waals surface area contributed by atoms with Crippen LogP contribution in [0.5, 0.6) is 0 Å². The number of amides is 1. The van der Waals surface area contributed by atoms with Gasteiger partial charge >= 0.3 is 0 Å². The highest BCUT2D eigenvalue weighted by Gasteiger charge is 2.24. The molecule has 0 spiro atoms. The third kappa shape index (κ3) is 4.70. The highest BCUT2D eigenvalue weighted by atomic mass is 79.9. The Kier molecular flexibility index (Phi) is 6.20. The molecule has 116 valence electrons. The van der Waals surface area contributed by atoms with Crippen LogP contribution < -0.4 is 0 Å². The fourth-order valence-corrected chi connectivity index (χ4v) is 2.57. The first-order valence-corrected chi connectivity index (χ1v) is 8.50. The number of hydrogen-bond donors (Lipinski definition) is 0. The monoisotopic (exact) mass is 359 g/mol. The third-order valence-corrected chi connectivity index (χ3v) is 5.01. The maximum atomic E-state index is 12.8. The van der Waals surface area contributed by atoms with Gasteiger partial charge in [0.25, 0.3) is 0 Å². The molecule has 0 aliphatic carbocycles. The van der Waals surface area contributed by atoms with Gasteiger partial charge in [-0.15, -0.1) is 0 Å². The minimum atomic E-state index is -0.153. The molecular formula is C19H22BrNO. The fraction of sp³-hybridized carbons (Fsp3) is 0.316. The summed E-state index contributed by atoms with van der Waals surface area (Å²) in [7, 11) is 0. The molecule has 1 atom stereocenters. The van der Waals surface area contributed by atoms with Gasteiger partial charge in [0.1, 0.15) is 0 Å². The van der Waals surface area contributed by atoms with E-state index in [1.807, 2.05) is 41.3 Å². The summed E-state index contributed by atoms with van der Waals surface area (Å²) in [5.41, 5.74) is 2.30. The minimum absolute atomic E-state index is 0.141. The van der Waals surface area contributed by atoms with Gasteiger partial charge in [-0.3, -0.25) is 4.79 Å². The SMILES string of the molecule is CC(C)C(Br)C(=O)N(Cc1ccccc1)Cc1ccccc1. The van der Waals surface area contributed by atoms with Gasteiger partial charge in [0.2, 0.25) is 5.91 Å². The molecule has 0 saturated heterocycles. The zero-order valence-corrected chi connectivity index (χ0v) is 14.7. The largest absolute Gasteiger partial charge is 0.333 e. The van der Waals surface area contributed by atoms with E-state index in [9.17, 15) is 4.79 Å². The zero-order valence-electron chi connectivity index (χ0n) is 13.1. The summed E-state index contributed by atoms with van der Waals surface area (Å²) >= 11 is 3.54. The lowest BCUT2D eigenvalue weighted by molar-refractivity contribution is -0.132. The van der Waals surface area contributed by atoms with Gasteiger partial charge in [-0.25, -0.2) is 0 Å². The second-order valence-corrected chi connectivity index (χ2v) is 6.80. The van der Waals surface area contributed by atoms with Crippen molar-refractivity contribution in [3.05, 3.63) is 71.8 Å². The van der Waals surface area contributed by atoms with E-state index in [1.54, 1.807) is 0 Å². The van der Waals surface area contributed by atoms with Crippen molar-refractivity contribution in [1.82, 2.24) is 4.90 Å². The summed E-state index contributed by atoms with van der Waals surface area (Å²) in [6, 6.07) is 20.3. The summed E-state index contributed by atoms with van der Waals surface area (Å²) in [5.74, 6) is 0.407. The van der Waals surface area contributed by atoms with Crippen molar-refractivity contribution in [3.63, 3.8) is 0 Å². The number of hydrogen-bond acceptors (Lipinski definition) is 1. The van der Waals surface area contributed by atoms with Crippen molar-refractivity contribution in [2.75, 3.05) is 0 Å². The van der Waals surface area contributed by atoms with Crippen LogP contribution in [0.2, 0.25) is 0 Å². The molecule has 2 aromatic rings. The predicted molar refractivity (Wildman–Crippen MR) is 94.7 cm³/mol. The number of halogens is 1. The Morgan fingerprint density at radius 2 is 1.32 bits per heavy atom. The van der Waals surface area contributed by atoms with Gasteiger partial charge in [0.15, 0.2) is 0 Å². The zero-order chi connectivity index (χ0) is 15.9. The maximum absolute atomic E-state index is 12.8. The molecule has 0 saturated carbocycles. The molecule has 22 heavy (non-hydrogen) atoms. The lowest BCUT2D eigenvalue weighted by Crippen LogP contribution is -2.37. The molecule has 0 heterocycles. The van der Waals surface area contributed by atoms with Crippen molar-refractivity contribution in [2.24, 2.45) is 5.92 Å². The van der Waals surface area contributed by atoms with Crippen LogP contribution in [0.25, 0.3) is 0 Å². The summed E-state index contributed by atoms with van der Waals surface area (Å²) in [4.78, 5) is 14.5. The molecule has 0 bridgehead atoms. The average molecular weight is 360 g/mol. The summed E-state index contributed by atoms with van der Waals surface area (Å²) in [5, 5.41) is 0. The number of alkyl halides is 1. The number of benzene rings is 2. The molecule has 0 radical (unpaired) electrons. The first-order valence-electron chi connectivity index (χ1n) is 7.58. The van der Waals surface area contributed by atoms with Crippen molar-refractivity contribution in [1.29, 1.82) is 0 Å². The van der Waals surface area contributed by atoms with E-state index in [0.29, 0.717) is 13.1 Å². The Morgan fingerprint density at radius 3 is 1.68 bits per heavy atom. The van der Waals surface area contributed by atoms with Gasteiger partial charge in [-0.1, -0.05) is 90.4 Å². The third-order valence-electron chi connectivity index (χ3n) is 3.57. The standard InChI is InChI=1S/C19H22BrNO/c1-15(2)18(20)19(22)21(13-16-9-5-3-6-10-16)14-17-11-7-4-8-12-17/h3-12,15,18H,13-14H2,1-2H3. The molecule has 0 fully saturated rings. The summed E-state index contributed by atoms with van der Waals surface area (Å²) < 4.78 is 0. The van der Waals surface area contributed by atoms with Gasteiger partial charge in [-0.05, 0) is 17.0 Å². The molecule has 0 N–H and O–H groups in total. The molecule has 2 rings (SSSR count). The van der Waals surface area contributed by atoms with E-state index in [4.69, 9.17) is 0 Å². The molecular weight excluding hydrogens is 338 g/mol. The molecule has 0 aliphatic heterocycles. The summed E-state index contributed by atoms with van der Waals surface area (Å²) in [6.07, 6.45) is 0. The van der Waals surface area contributed by atoms with Crippen molar-refractivity contribution in [2.45, 2.75) is 31.8 Å². The van der Waals surface area contributed by atoms with Gasteiger partial charge in [0.05, 0.1) is 4.83 Å². The van der Waals surface area contributed by atoms with E-state index in [-0.39, 0.29) is 16.7 Å². The van der Waals surface area contributed by atoms with Crippen LogP contribution in [-0.2, 0) is 17.9 Å². The number of rotatable bonds is 6. The predicted octanol–water partition coefficient (Wildman–Crippen LogP) is 4.63. The lowest BCUT2D eigenvalue weighted by Gasteiger charge is -2.27. The number of carbonyl (C=O) groups excluding carboxylic acids is 1. The Balaban J connectivity index is 2.18. The first kappa shape index (κ1) is 16.8. The van der Waals surface area contributed by atoms with Crippen molar-refractivity contribution in [3.8, 4) is 0 Å². The lowest BCUT2D eigenvalue weighted by atomic mass is 10.1. The van der Waals surface area contributed by atoms with Crippen LogP contribution in [-0.4, -0.2) is 15.6 Å². The van der Waals surface area contributed by atoms with Crippen molar-refractivity contribution >= 4 is 21.8 Å². The molecule has 1 unspecified atom stereocenters. The Hall–Kier alpha value is -1.61. The Bertz CT molecular complexity index is 541. The van der Waals surface area contributed by atoms with Crippen molar-refractivity contribution < 1.29 is 4.79 Å². The van der Waals surface area contributed by atoms with E-state index < -0.39 is 0 Å². The Labute approximate surface area is 141 Å². The van der Waals surface area contributed by atoms with Crippen LogP contribution in [0, 0.1) is 5.92 Å². The second kappa shape index (κ2) is 8.14. The van der Waals surface area contributed by atoms with Gasteiger partial charge < -0.3 is 4.90 Å². The van der Waals surface area contributed by atoms with E-state index in [2.05, 4.69) is 54.0 Å². The van der Waals surface area contributed by atoms with Crippen LogP contribution in [0.4, 0.5) is 0 Å². The molecule has 0 aliphatic rings. The molecule has 0 aromatic heterocycles. The Morgan fingerprint density at radius 1 is 0.909 bits per heavy atom. The topological polar surface area (TPSA) is 20.3 Å². The molecule has 2 nitrogen and oxygen atoms in total. The second-order valence-electron chi connectivity index (χ2n) is 5.81. The normalized spacial score (nSPS) is 12.2. The van der Waals surface area contributed by atoms with Gasteiger partial charge in [-0.2, -0.15) is 0 Å². The van der Waals surface area contributed by atoms with Crippen LogP contribution in [0.1, 0.15) is 25.0 Å². The quantitative estimate of drug-likeness (QED) is 0.688. The fourth-order valence-electron chi connectivity index (χ4n) is 2.28. The number of carbonyl (C=O) groups is 1. The first-order chi connectivity index (χ1) is 10.6. The average Bonchev–Trinajstić information content (AvgIpc) is 2.54. The smallest absolute Gasteiger partial charge is 0.237 e. The molecule has 2 aromatic carbocycles. The molecule has 3 heteroatoms. The highest BCUT2D eigenvalue weighted by molar-refractivity contribution is 9.10. The number of nitrogens with zero attached hydrogens (tertiary/aromatic N) is 1. The van der Waals surface area contributed by atoms with Crippen LogP contribution >= 0.6 is 15.9 Å². The van der Waals surface area contributed by atoms with E-state index in [0.717, 1.165) is 11.1 Å². The van der Waals surface area contributed by atoms with E-state index >= 15 is 0 Å². The minimum Gasteiger partial charge on any atom is -0.333 e. The summed E-state index contributed by atoms with van der Waals surface area (Å²) in [6.45, 7) is 5.37. The van der Waals surface area contributed by atoms with Crippen LogP contribution in [0.15, 0.2) is 60.7 Å². The van der Waals surface area contributed by atoms with Crippen LogP contribution in [0.3, 0.4) is 0 Å².